The van der Waals surface area contributed by atoms with Crippen LogP contribution >= 0.6 is 0 Å². The number of amides is 1. The van der Waals surface area contributed by atoms with E-state index >= 15 is 0 Å². The minimum Gasteiger partial charge on any atom is -0.339 e. The van der Waals surface area contributed by atoms with Crippen LogP contribution in [0.1, 0.15) is 28.7 Å². The first-order chi connectivity index (χ1) is 12.6. The van der Waals surface area contributed by atoms with Crippen molar-refractivity contribution in [3.8, 4) is 0 Å². The average Bonchev–Trinajstić information content (AvgIpc) is 2.61. The van der Waals surface area contributed by atoms with Gasteiger partial charge in [0.05, 0.1) is 0 Å². The molecule has 0 radical (unpaired) electrons. The van der Waals surface area contributed by atoms with Crippen LogP contribution in [0.25, 0.3) is 0 Å². The van der Waals surface area contributed by atoms with E-state index in [4.69, 9.17) is 0 Å². The lowest BCUT2D eigenvalue weighted by Crippen LogP contribution is -2.61. The summed E-state index contributed by atoms with van der Waals surface area (Å²) < 4.78 is 13.3. The summed E-state index contributed by atoms with van der Waals surface area (Å²) in [7, 11) is 0. The van der Waals surface area contributed by atoms with E-state index in [1.54, 1.807) is 13.0 Å². The molecule has 1 fully saturated rings. The van der Waals surface area contributed by atoms with Crippen LogP contribution in [-0.2, 0) is 24.2 Å². The topological polar surface area (TPSA) is 23.6 Å². The Labute approximate surface area is 154 Å². The van der Waals surface area contributed by atoms with Crippen LogP contribution in [0.2, 0.25) is 0 Å². The average molecular weight is 352 g/mol. The van der Waals surface area contributed by atoms with Crippen molar-refractivity contribution in [2.24, 2.45) is 0 Å². The molecule has 26 heavy (non-hydrogen) atoms. The highest BCUT2D eigenvalue weighted by Crippen LogP contribution is 2.25. The van der Waals surface area contributed by atoms with Crippen molar-refractivity contribution in [3.63, 3.8) is 0 Å². The van der Waals surface area contributed by atoms with Gasteiger partial charge in [0.15, 0.2) is 0 Å². The molecular weight excluding hydrogens is 327 g/mol. The quantitative estimate of drug-likeness (QED) is 0.843. The number of likely N-dealkylation sites (tertiary alicyclic amines) is 1. The van der Waals surface area contributed by atoms with Crippen molar-refractivity contribution in [2.75, 3.05) is 19.6 Å². The normalized spacial score (nSPS) is 17.7. The van der Waals surface area contributed by atoms with E-state index in [1.807, 2.05) is 11.0 Å². The van der Waals surface area contributed by atoms with Gasteiger partial charge in [-0.1, -0.05) is 36.4 Å². The third kappa shape index (κ3) is 3.51. The lowest BCUT2D eigenvalue weighted by atomic mass is 9.96. The van der Waals surface area contributed by atoms with Gasteiger partial charge < -0.3 is 4.90 Å². The molecule has 3 nitrogen and oxygen atoms in total. The summed E-state index contributed by atoms with van der Waals surface area (Å²) in [6.45, 7) is 5.51. The Bertz CT molecular complexity index is 814. The second-order valence-electron chi connectivity index (χ2n) is 7.53. The van der Waals surface area contributed by atoms with Crippen LogP contribution in [-0.4, -0.2) is 41.4 Å². The number of carbonyl (C=O) groups excluding carboxylic acids is 1. The fraction of sp³-hybridized carbons (Fsp3) is 0.409. The highest BCUT2D eigenvalue weighted by atomic mass is 19.1. The van der Waals surface area contributed by atoms with E-state index in [2.05, 4.69) is 29.2 Å². The van der Waals surface area contributed by atoms with Crippen LogP contribution < -0.4 is 0 Å². The number of rotatable bonds is 4. The van der Waals surface area contributed by atoms with Gasteiger partial charge in [0.1, 0.15) is 5.82 Å². The van der Waals surface area contributed by atoms with E-state index in [9.17, 15) is 9.18 Å². The molecule has 2 aliphatic heterocycles. The van der Waals surface area contributed by atoms with E-state index < -0.39 is 0 Å². The summed E-state index contributed by atoms with van der Waals surface area (Å²) in [5, 5.41) is 0. The first kappa shape index (κ1) is 17.2. The van der Waals surface area contributed by atoms with Gasteiger partial charge in [-0.2, -0.15) is 0 Å². The number of nitrogens with zero attached hydrogens (tertiary/aromatic N) is 2. The summed E-state index contributed by atoms with van der Waals surface area (Å²) in [5.74, 6) is 0.0226. The molecule has 0 spiro atoms. The number of hydrogen-bond acceptors (Lipinski definition) is 2. The summed E-state index contributed by atoms with van der Waals surface area (Å²) in [6.07, 6.45) is 2.28. The maximum absolute atomic E-state index is 13.3. The Morgan fingerprint density at radius 2 is 1.92 bits per heavy atom. The lowest BCUT2D eigenvalue weighted by molar-refractivity contribution is -0.138. The zero-order chi connectivity index (χ0) is 18.1. The van der Waals surface area contributed by atoms with Crippen molar-refractivity contribution < 1.29 is 9.18 Å². The zero-order valence-corrected chi connectivity index (χ0v) is 15.2. The molecule has 0 bridgehead atoms. The molecule has 4 rings (SSSR count). The van der Waals surface area contributed by atoms with Crippen LogP contribution in [0.3, 0.4) is 0 Å². The molecule has 0 unspecified atom stereocenters. The molecule has 2 aromatic rings. The first-order valence-electron chi connectivity index (χ1n) is 9.44. The second kappa shape index (κ2) is 7.20. The molecule has 0 atom stereocenters. The van der Waals surface area contributed by atoms with Gasteiger partial charge in [-0.05, 0) is 48.1 Å². The third-order valence-corrected chi connectivity index (χ3v) is 5.74. The third-order valence-electron chi connectivity index (χ3n) is 5.74. The van der Waals surface area contributed by atoms with Gasteiger partial charge in [-0.25, -0.2) is 4.39 Å². The van der Waals surface area contributed by atoms with Crippen molar-refractivity contribution in [2.45, 2.75) is 38.8 Å². The highest BCUT2D eigenvalue weighted by Gasteiger charge is 2.35. The second-order valence-corrected chi connectivity index (χ2v) is 7.53. The minimum atomic E-state index is -0.186. The fourth-order valence-electron chi connectivity index (χ4n) is 3.99. The Balaban J connectivity index is 1.25. The molecule has 0 aliphatic carbocycles. The predicted molar refractivity (Wildman–Crippen MR) is 100 cm³/mol. The lowest BCUT2D eigenvalue weighted by Gasteiger charge is -2.47. The molecular formula is C22H25FN2O. The van der Waals surface area contributed by atoms with E-state index in [1.165, 1.54) is 17.2 Å². The highest BCUT2D eigenvalue weighted by molar-refractivity contribution is 5.77. The SMILES string of the molecule is Cc1cc(CCC(=O)N2CC(N3CCc4ccccc4C3)C2)ccc1F. The summed E-state index contributed by atoms with van der Waals surface area (Å²) in [4.78, 5) is 16.9. The monoisotopic (exact) mass is 352 g/mol. The van der Waals surface area contributed by atoms with Crippen LogP contribution in [0.15, 0.2) is 42.5 Å². The van der Waals surface area contributed by atoms with Crippen molar-refractivity contribution >= 4 is 5.91 Å². The predicted octanol–water partition coefficient (Wildman–Crippen LogP) is 3.34. The Hall–Kier alpha value is -2.20. The van der Waals surface area contributed by atoms with E-state index in [0.717, 1.165) is 38.2 Å². The minimum absolute atomic E-state index is 0.186. The largest absolute Gasteiger partial charge is 0.339 e. The van der Waals surface area contributed by atoms with Gasteiger partial charge >= 0.3 is 0 Å². The number of hydrogen-bond donors (Lipinski definition) is 0. The molecule has 136 valence electrons. The van der Waals surface area contributed by atoms with Gasteiger partial charge in [-0.15, -0.1) is 0 Å². The molecule has 1 amide bonds. The maximum atomic E-state index is 13.3. The molecule has 4 heteroatoms. The molecule has 0 saturated carbocycles. The van der Waals surface area contributed by atoms with Crippen LogP contribution in [0.4, 0.5) is 4.39 Å². The zero-order valence-electron chi connectivity index (χ0n) is 15.2. The van der Waals surface area contributed by atoms with Gasteiger partial charge in [-0.3, -0.25) is 9.69 Å². The number of carbonyl (C=O) groups is 1. The summed E-state index contributed by atoms with van der Waals surface area (Å²) in [5.41, 5.74) is 4.56. The van der Waals surface area contributed by atoms with Crippen LogP contribution in [0.5, 0.6) is 0 Å². The summed E-state index contributed by atoms with van der Waals surface area (Å²) in [6, 6.07) is 14.3. The number of halogens is 1. The van der Waals surface area contributed by atoms with Gasteiger partial charge in [0.25, 0.3) is 0 Å². The summed E-state index contributed by atoms with van der Waals surface area (Å²) >= 11 is 0. The standard InChI is InChI=1S/C22H25FN2O/c1-16-12-17(6-8-21(16)23)7-9-22(26)25-14-20(15-25)24-11-10-18-4-2-3-5-19(18)13-24/h2-6,8,12,20H,7,9-11,13-15H2,1H3. The first-order valence-corrected chi connectivity index (χ1v) is 9.44. The van der Waals surface area contributed by atoms with Gasteiger partial charge in [0, 0.05) is 38.6 Å². The fourth-order valence-corrected chi connectivity index (χ4v) is 3.99. The molecule has 2 aromatic carbocycles. The van der Waals surface area contributed by atoms with E-state index in [-0.39, 0.29) is 11.7 Å². The molecule has 1 saturated heterocycles. The molecule has 0 aromatic heterocycles. The smallest absolute Gasteiger partial charge is 0.223 e. The van der Waals surface area contributed by atoms with Crippen molar-refractivity contribution in [1.82, 2.24) is 9.80 Å². The maximum Gasteiger partial charge on any atom is 0.223 e. The van der Waals surface area contributed by atoms with Crippen molar-refractivity contribution in [1.29, 1.82) is 0 Å². The Morgan fingerprint density at radius 1 is 1.15 bits per heavy atom. The Kier molecular flexibility index (Phi) is 4.77. The number of benzene rings is 2. The van der Waals surface area contributed by atoms with E-state index in [0.29, 0.717) is 24.4 Å². The molecule has 2 aliphatic rings. The molecule has 0 N–H and O–H groups in total. The van der Waals surface area contributed by atoms with Crippen molar-refractivity contribution in [3.05, 3.63) is 70.5 Å². The van der Waals surface area contributed by atoms with Gasteiger partial charge in [0.2, 0.25) is 5.91 Å². The number of aryl methyl sites for hydroxylation is 2. The Morgan fingerprint density at radius 3 is 2.69 bits per heavy atom. The molecule has 2 heterocycles. The number of fused-ring (bicyclic) bond motifs is 1. The van der Waals surface area contributed by atoms with Crippen LogP contribution in [0, 0.1) is 12.7 Å².